The van der Waals surface area contributed by atoms with Crippen LogP contribution < -0.4 is 5.32 Å². The van der Waals surface area contributed by atoms with Gasteiger partial charge in [0.2, 0.25) is 5.91 Å². The molecule has 0 bridgehead atoms. The summed E-state index contributed by atoms with van der Waals surface area (Å²) in [6, 6.07) is 3.72. The summed E-state index contributed by atoms with van der Waals surface area (Å²) < 4.78 is 0. The van der Waals surface area contributed by atoms with Gasteiger partial charge in [0.05, 0.1) is 0 Å². The monoisotopic (exact) mass is 294 g/mol. The number of nitrogens with one attached hydrogen (secondary N) is 1. The lowest BCUT2D eigenvalue weighted by Gasteiger charge is -2.27. The molecule has 4 nitrogen and oxygen atoms in total. The van der Waals surface area contributed by atoms with Gasteiger partial charge in [-0.05, 0) is 55.4 Å². The largest absolute Gasteiger partial charge is 0.396 e. The van der Waals surface area contributed by atoms with Gasteiger partial charge < -0.3 is 10.4 Å². The predicted octanol–water partition coefficient (Wildman–Crippen LogP) is 2.42. The zero-order chi connectivity index (χ0) is 14.4. The molecule has 1 fully saturated rings. The van der Waals surface area contributed by atoms with Gasteiger partial charge >= 0.3 is 0 Å². The molecule has 0 unspecified atom stereocenters. The maximum Gasteiger partial charge on any atom is 0.244 e. The molecule has 2 N–H and O–H groups in total. The van der Waals surface area contributed by atoms with Crippen LogP contribution in [0.5, 0.6) is 0 Å². The molecule has 0 radical (unpaired) electrons. The molecule has 1 aromatic heterocycles. The van der Waals surface area contributed by atoms with Gasteiger partial charge in [-0.15, -0.1) is 0 Å². The van der Waals surface area contributed by atoms with Crippen molar-refractivity contribution < 1.29 is 9.90 Å². The SMILES string of the molecule is O=C(/C=C/c1ccnc(Cl)c1)NC1CCC(CO)CC1. The van der Waals surface area contributed by atoms with Gasteiger partial charge in [-0.3, -0.25) is 4.79 Å². The molecule has 0 atom stereocenters. The Kier molecular flexibility index (Phi) is 5.56. The summed E-state index contributed by atoms with van der Waals surface area (Å²) in [4.78, 5) is 15.7. The first-order valence-corrected chi connectivity index (χ1v) is 7.26. The van der Waals surface area contributed by atoms with Crippen molar-refractivity contribution in [3.8, 4) is 0 Å². The van der Waals surface area contributed by atoms with E-state index in [0.29, 0.717) is 11.1 Å². The summed E-state index contributed by atoms with van der Waals surface area (Å²) in [7, 11) is 0. The van der Waals surface area contributed by atoms with Crippen LogP contribution in [0.3, 0.4) is 0 Å². The van der Waals surface area contributed by atoms with E-state index < -0.39 is 0 Å². The molecule has 0 aromatic carbocycles. The first-order chi connectivity index (χ1) is 9.67. The van der Waals surface area contributed by atoms with E-state index in [1.807, 2.05) is 0 Å². The Bertz CT molecular complexity index is 483. The second-order valence-corrected chi connectivity index (χ2v) is 5.54. The number of amides is 1. The molecule has 1 aromatic rings. The van der Waals surface area contributed by atoms with Gasteiger partial charge in [-0.1, -0.05) is 11.6 Å². The zero-order valence-corrected chi connectivity index (χ0v) is 12.0. The third-order valence-corrected chi connectivity index (χ3v) is 3.84. The lowest BCUT2D eigenvalue weighted by atomic mass is 9.86. The zero-order valence-electron chi connectivity index (χ0n) is 11.3. The second-order valence-electron chi connectivity index (χ2n) is 5.15. The summed E-state index contributed by atoms with van der Waals surface area (Å²) in [6.07, 6.45) is 8.68. The fourth-order valence-electron chi connectivity index (χ4n) is 2.43. The van der Waals surface area contributed by atoms with Gasteiger partial charge in [0.1, 0.15) is 5.15 Å². The quantitative estimate of drug-likeness (QED) is 0.662. The second kappa shape index (κ2) is 7.41. The van der Waals surface area contributed by atoms with Crippen molar-refractivity contribution in [2.45, 2.75) is 31.7 Å². The highest BCUT2D eigenvalue weighted by Crippen LogP contribution is 2.23. The standard InChI is InChI=1S/C15H19ClN2O2/c16-14-9-11(7-8-17-14)3-6-15(20)18-13-4-1-12(10-19)2-5-13/h3,6-9,12-13,19H,1-2,4-5,10H2,(H,18,20)/b6-3+. The molecule has 2 rings (SSSR count). The topological polar surface area (TPSA) is 62.2 Å². The lowest BCUT2D eigenvalue weighted by Crippen LogP contribution is -2.37. The average molecular weight is 295 g/mol. The molecule has 5 heteroatoms. The van der Waals surface area contributed by atoms with Crippen LogP contribution in [0.15, 0.2) is 24.4 Å². The van der Waals surface area contributed by atoms with E-state index in [1.165, 1.54) is 6.08 Å². The molecule has 0 aliphatic heterocycles. The summed E-state index contributed by atoms with van der Waals surface area (Å²) in [5.74, 6) is 0.308. The fourth-order valence-corrected chi connectivity index (χ4v) is 2.61. The highest BCUT2D eigenvalue weighted by molar-refractivity contribution is 6.29. The summed E-state index contributed by atoms with van der Waals surface area (Å²) >= 11 is 5.78. The minimum atomic E-state index is -0.0922. The minimum absolute atomic E-state index is 0.0922. The van der Waals surface area contributed by atoms with Crippen molar-refractivity contribution in [1.29, 1.82) is 0 Å². The fraction of sp³-hybridized carbons (Fsp3) is 0.467. The van der Waals surface area contributed by atoms with Crippen molar-refractivity contribution >= 4 is 23.6 Å². The number of carbonyl (C=O) groups is 1. The highest BCUT2D eigenvalue weighted by atomic mass is 35.5. The van der Waals surface area contributed by atoms with E-state index in [4.69, 9.17) is 16.7 Å². The lowest BCUT2D eigenvalue weighted by molar-refractivity contribution is -0.117. The van der Waals surface area contributed by atoms with E-state index in [2.05, 4.69) is 10.3 Å². The maximum atomic E-state index is 11.8. The molecule has 20 heavy (non-hydrogen) atoms. The first kappa shape index (κ1) is 15.0. The molecule has 1 saturated carbocycles. The smallest absolute Gasteiger partial charge is 0.244 e. The number of halogens is 1. The van der Waals surface area contributed by atoms with Crippen molar-refractivity contribution in [3.05, 3.63) is 35.1 Å². The van der Waals surface area contributed by atoms with Crippen molar-refractivity contribution in [2.75, 3.05) is 6.61 Å². The van der Waals surface area contributed by atoms with Crippen LogP contribution in [0.1, 0.15) is 31.2 Å². The molecular weight excluding hydrogens is 276 g/mol. The number of hydrogen-bond acceptors (Lipinski definition) is 3. The molecule has 1 aliphatic carbocycles. The normalized spacial score (nSPS) is 22.9. The van der Waals surface area contributed by atoms with Crippen LogP contribution >= 0.6 is 11.6 Å². The van der Waals surface area contributed by atoms with E-state index in [9.17, 15) is 4.79 Å². The predicted molar refractivity (Wildman–Crippen MR) is 79.3 cm³/mol. The molecule has 1 heterocycles. The van der Waals surface area contributed by atoms with Crippen LogP contribution in [0.25, 0.3) is 6.08 Å². The Labute approximate surface area is 123 Å². The van der Waals surface area contributed by atoms with Crippen LogP contribution in [0.4, 0.5) is 0 Å². The number of aromatic nitrogens is 1. The van der Waals surface area contributed by atoms with Crippen LogP contribution in [0, 0.1) is 5.92 Å². The van der Waals surface area contributed by atoms with Crippen molar-refractivity contribution in [2.24, 2.45) is 5.92 Å². The number of aliphatic hydroxyl groups is 1. The summed E-state index contributed by atoms with van der Waals surface area (Å²) in [6.45, 7) is 0.253. The Morgan fingerprint density at radius 1 is 1.45 bits per heavy atom. The van der Waals surface area contributed by atoms with Gasteiger partial charge in [0.15, 0.2) is 0 Å². The third-order valence-electron chi connectivity index (χ3n) is 3.63. The number of rotatable bonds is 4. The van der Waals surface area contributed by atoms with E-state index in [0.717, 1.165) is 31.2 Å². The Balaban J connectivity index is 1.81. The highest BCUT2D eigenvalue weighted by Gasteiger charge is 2.21. The molecule has 0 saturated heterocycles. The van der Waals surface area contributed by atoms with Gasteiger partial charge in [-0.2, -0.15) is 0 Å². The van der Waals surface area contributed by atoms with Crippen molar-refractivity contribution in [3.63, 3.8) is 0 Å². The Morgan fingerprint density at radius 3 is 2.85 bits per heavy atom. The average Bonchev–Trinajstić information content (AvgIpc) is 2.46. The Hall–Kier alpha value is -1.39. The Morgan fingerprint density at radius 2 is 2.20 bits per heavy atom. The van der Waals surface area contributed by atoms with E-state index in [1.54, 1.807) is 24.4 Å². The summed E-state index contributed by atoms with van der Waals surface area (Å²) in [5, 5.41) is 12.5. The van der Waals surface area contributed by atoms with E-state index >= 15 is 0 Å². The molecular formula is C15H19ClN2O2. The number of carbonyl (C=O) groups excluding carboxylic acids is 1. The van der Waals surface area contributed by atoms with Crippen molar-refractivity contribution in [1.82, 2.24) is 10.3 Å². The van der Waals surface area contributed by atoms with Crippen LogP contribution in [0.2, 0.25) is 5.15 Å². The molecule has 0 spiro atoms. The molecule has 1 aliphatic rings. The number of hydrogen-bond donors (Lipinski definition) is 2. The van der Waals surface area contributed by atoms with E-state index in [-0.39, 0.29) is 18.6 Å². The number of pyridine rings is 1. The van der Waals surface area contributed by atoms with Gasteiger partial charge in [0, 0.05) is 24.9 Å². The van der Waals surface area contributed by atoms with Crippen LogP contribution in [-0.4, -0.2) is 28.6 Å². The third kappa shape index (κ3) is 4.62. The molecule has 108 valence electrons. The number of nitrogens with zero attached hydrogens (tertiary/aromatic N) is 1. The van der Waals surface area contributed by atoms with Crippen LogP contribution in [-0.2, 0) is 4.79 Å². The summed E-state index contributed by atoms with van der Waals surface area (Å²) in [5.41, 5.74) is 0.851. The maximum absolute atomic E-state index is 11.8. The van der Waals surface area contributed by atoms with Gasteiger partial charge in [-0.25, -0.2) is 4.98 Å². The molecule has 1 amide bonds. The van der Waals surface area contributed by atoms with Gasteiger partial charge in [0.25, 0.3) is 0 Å². The minimum Gasteiger partial charge on any atom is -0.396 e. The first-order valence-electron chi connectivity index (χ1n) is 6.88. The number of aliphatic hydroxyl groups excluding tert-OH is 1.